The van der Waals surface area contributed by atoms with Gasteiger partial charge in [0.1, 0.15) is 0 Å². The minimum atomic E-state index is 0.516. The molecule has 3 nitrogen and oxygen atoms in total. The van der Waals surface area contributed by atoms with Crippen LogP contribution in [0.25, 0.3) is 0 Å². The summed E-state index contributed by atoms with van der Waals surface area (Å²) in [6, 6.07) is 6.66. The molecule has 1 N–H and O–H groups in total. The van der Waals surface area contributed by atoms with E-state index in [1.807, 2.05) is 12.1 Å². The van der Waals surface area contributed by atoms with Crippen LogP contribution in [0.3, 0.4) is 0 Å². The van der Waals surface area contributed by atoms with Gasteiger partial charge in [-0.3, -0.25) is 0 Å². The highest BCUT2D eigenvalue weighted by Gasteiger charge is 2.14. The fourth-order valence-electron chi connectivity index (χ4n) is 2.47. The fourth-order valence-corrected chi connectivity index (χ4v) is 2.47. The normalized spacial score (nSPS) is 16.2. The van der Waals surface area contributed by atoms with Crippen molar-refractivity contribution in [2.75, 3.05) is 13.2 Å². The van der Waals surface area contributed by atoms with Crippen molar-refractivity contribution in [1.82, 2.24) is 5.32 Å². The molecule has 0 aromatic heterocycles. The number of rotatable bonds is 5. The van der Waals surface area contributed by atoms with Crippen LogP contribution in [0.4, 0.5) is 0 Å². The Morgan fingerprint density at radius 1 is 1.16 bits per heavy atom. The Labute approximate surface area is 116 Å². The largest absolute Gasteiger partial charge is 0.490 e. The lowest BCUT2D eigenvalue weighted by Crippen LogP contribution is -2.27. The number of hydrogen-bond acceptors (Lipinski definition) is 3. The van der Waals surface area contributed by atoms with Gasteiger partial charge in [-0.2, -0.15) is 0 Å². The first-order chi connectivity index (χ1) is 9.16. The Morgan fingerprint density at radius 3 is 2.74 bits per heavy atom. The van der Waals surface area contributed by atoms with Crippen LogP contribution < -0.4 is 14.8 Å². The Kier molecular flexibility index (Phi) is 5.08. The van der Waals surface area contributed by atoms with Crippen LogP contribution in [0, 0.1) is 5.92 Å². The number of para-hydroxylation sites is 1. The van der Waals surface area contributed by atoms with E-state index < -0.39 is 0 Å². The van der Waals surface area contributed by atoms with Gasteiger partial charge < -0.3 is 14.8 Å². The van der Waals surface area contributed by atoms with Crippen LogP contribution in [-0.2, 0) is 6.54 Å². The molecule has 0 amide bonds. The Hall–Kier alpha value is -1.22. The number of fused-ring (bicyclic) bond motifs is 1. The van der Waals surface area contributed by atoms with Crippen molar-refractivity contribution in [3.63, 3.8) is 0 Å². The monoisotopic (exact) mass is 263 g/mol. The predicted octanol–water partition coefficient (Wildman–Crippen LogP) is 3.37. The summed E-state index contributed by atoms with van der Waals surface area (Å²) in [6.45, 7) is 9.06. The number of nitrogens with one attached hydrogen (secondary N) is 1. The maximum atomic E-state index is 5.83. The molecule has 0 bridgehead atoms. The second-order valence-corrected chi connectivity index (χ2v) is 5.71. The zero-order valence-corrected chi connectivity index (χ0v) is 12.2. The van der Waals surface area contributed by atoms with Crippen LogP contribution >= 0.6 is 0 Å². The molecule has 19 heavy (non-hydrogen) atoms. The van der Waals surface area contributed by atoms with Crippen molar-refractivity contribution in [2.24, 2.45) is 5.92 Å². The third kappa shape index (κ3) is 4.13. The number of ether oxygens (including phenoxy) is 2. The van der Waals surface area contributed by atoms with Crippen LogP contribution in [0.5, 0.6) is 11.5 Å². The molecule has 1 aromatic rings. The highest BCUT2D eigenvalue weighted by atomic mass is 16.5. The molecule has 0 saturated heterocycles. The van der Waals surface area contributed by atoms with Gasteiger partial charge in [0, 0.05) is 24.6 Å². The molecule has 0 aliphatic carbocycles. The average molecular weight is 263 g/mol. The van der Waals surface area contributed by atoms with Crippen LogP contribution in [0.1, 0.15) is 39.2 Å². The minimum Gasteiger partial charge on any atom is -0.490 e. The number of hydrogen-bond donors (Lipinski definition) is 1. The fraction of sp³-hybridized carbons (Fsp3) is 0.625. The molecular formula is C16H25NO2. The van der Waals surface area contributed by atoms with E-state index in [4.69, 9.17) is 9.47 Å². The molecule has 0 radical (unpaired) electrons. The Bertz CT molecular complexity index is 404. The smallest absolute Gasteiger partial charge is 0.165 e. The van der Waals surface area contributed by atoms with Gasteiger partial charge in [0.2, 0.25) is 0 Å². The zero-order chi connectivity index (χ0) is 13.7. The topological polar surface area (TPSA) is 30.5 Å². The van der Waals surface area contributed by atoms with Gasteiger partial charge in [-0.25, -0.2) is 0 Å². The molecule has 1 unspecified atom stereocenters. The van der Waals surface area contributed by atoms with Gasteiger partial charge in [-0.1, -0.05) is 26.0 Å². The van der Waals surface area contributed by atoms with E-state index in [2.05, 4.69) is 32.2 Å². The summed E-state index contributed by atoms with van der Waals surface area (Å²) < 4.78 is 11.5. The van der Waals surface area contributed by atoms with Crippen molar-refractivity contribution in [3.05, 3.63) is 23.8 Å². The molecule has 1 aliphatic heterocycles. The van der Waals surface area contributed by atoms with Crippen molar-refractivity contribution in [3.8, 4) is 11.5 Å². The molecule has 2 rings (SSSR count). The Balaban J connectivity index is 2.00. The SMILES string of the molecule is CC(C)CC(C)NCc1cccc2c1OCCCO2. The third-order valence-corrected chi connectivity index (χ3v) is 3.32. The lowest BCUT2D eigenvalue weighted by Gasteiger charge is -2.18. The molecule has 0 fully saturated rings. The molecule has 0 saturated carbocycles. The Morgan fingerprint density at radius 2 is 1.95 bits per heavy atom. The lowest BCUT2D eigenvalue weighted by molar-refractivity contribution is 0.295. The van der Waals surface area contributed by atoms with Crippen LogP contribution in [0.2, 0.25) is 0 Å². The van der Waals surface area contributed by atoms with E-state index in [9.17, 15) is 0 Å². The number of benzene rings is 1. The summed E-state index contributed by atoms with van der Waals surface area (Å²) in [5.74, 6) is 2.52. The summed E-state index contributed by atoms with van der Waals surface area (Å²) in [7, 11) is 0. The van der Waals surface area contributed by atoms with E-state index >= 15 is 0 Å². The van der Waals surface area contributed by atoms with Gasteiger partial charge >= 0.3 is 0 Å². The summed E-state index contributed by atoms with van der Waals surface area (Å²) in [5, 5.41) is 3.57. The van der Waals surface area contributed by atoms with Crippen molar-refractivity contribution < 1.29 is 9.47 Å². The maximum absolute atomic E-state index is 5.83. The molecule has 0 spiro atoms. The lowest BCUT2D eigenvalue weighted by atomic mass is 10.0. The molecule has 1 atom stereocenters. The average Bonchev–Trinajstić information content (AvgIpc) is 2.60. The van der Waals surface area contributed by atoms with Crippen LogP contribution in [0.15, 0.2) is 18.2 Å². The summed E-state index contributed by atoms with van der Waals surface area (Å²) >= 11 is 0. The molecule has 1 aliphatic rings. The predicted molar refractivity (Wildman–Crippen MR) is 77.8 cm³/mol. The van der Waals surface area contributed by atoms with Gasteiger partial charge in [0.25, 0.3) is 0 Å². The van der Waals surface area contributed by atoms with Crippen LogP contribution in [-0.4, -0.2) is 19.3 Å². The summed E-state index contributed by atoms with van der Waals surface area (Å²) in [6.07, 6.45) is 2.14. The molecular weight excluding hydrogens is 238 g/mol. The van der Waals surface area contributed by atoms with E-state index in [0.29, 0.717) is 6.04 Å². The second-order valence-electron chi connectivity index (χ2n) is 5.71. The summed E-state index contributed by atoms with van der Waals surface area (Å²) in [4.78, 5) is 0. The van der Waals surface area contributed by atoms with E-state index in [1.165, 1.54) is 12.0 Å². The molecule has 1 heterocycles. The second kappa shape index (κ2) is 6.80. The van der Waals surface area contributed by atoms with E-state index in [0.717, 1.165) is 43.6 Å². The summed E-state index contributed by atoms with van der Waals surface area (Å²) in [5.41, 5.74) is 1.19. The third-order valence-electron chi connectivity index (χ3n) is 3.32. The minimum absolute atomic E-state index is 0.516. The van der Waals surface area contributed by atoms with E-state index in [1.54, 1.807) is 0 Å². The van der Waals surface area contributed by atoms with E-state index in [-0.39, 0.29) is 0 Å². The first-order valence-corrected chi connectivity index (χ1v) is 7.27. The van der Waals surface area contributed by atoms with Gasteiger partial charge in [-0.05, 0) is 25.3 Å². The van der Waals surface area contributed by atoms with Crippen molar-refractivity contribution in [2.45, 2.75) is 46.2 Å². The van der Waals surface area contributed by atoms with Crippen molar-refractivity contribution in [1.29, 1.82) is 0 Å². The first kappa shape index (κ1) is 14.2. The standard InChI is InChI=1S/C16H25NO2/c1-12(2)10-13(3)17-11-14-6-4-7-15-16(14)19-9-5-8-18-15/h4,6-7,12-13,17H,5,8-11H2,1-3H3. The first-order valence-electron chi connectivity index (χ1n) is 7.27. The maximum Gasteiger partial charge on any atom is 0.165 e. The zero-order valence-electron chi connectivity index (χ0n) is 12.2. The van der Waals surface area contributed by atoms with Gasteiger partial charge in [-0.15, -0.1) is 0 Å². The highest BCUT2D eigenvalue weighted by molar-refractivity contribution is 5.47. The molecule has 106 valence electrons. The quantitative estimate of drug-likeness (QED) is 0.883. The highest BCUT2D eigenvalue weighted by Crippen LogP contribution is 2.33. The van der Waals surface area contributed by atoms with Gasteiger partial charge in [0.05, 0.1) is 13.2 Å². The van der Waals surface area contributed by atoms with Gasteiger partial charge in [0.15, 0.2) is 11.5 Å². The van der Waals surface area contributed by atoms with Crippen molar-refractivity contribution >= 4 is 0 Å². The molecule has 1 aromatic carbocycles. The molecule has 3 heteroatoms.